The van der Waals surface area contributed by atoms with Crippen LogP contribution in [0.5, 0.6) is 0 Å². The summed E-state index contributed by atoms with van der Waals surface area (Å²) >= 11 is 3.28. The zero-order valence-electron chi connectivity index (χ0n) is 15.3. The Labute approximate surface area is 157 Å². The molecule has 1 amide bonds. The van der Waals surface area contributed by atoms with E-state index in [1.54, 1.807) is 6.20 Å². The molecular formula is C17H27BrN4O3. The van der Waals surface area contributed by atoms with Crippen LogP contribution in [0.1, 0.15) is 46.2 Å². The standard InChI is InChI=1S/C17H27BrN4O3/c1-16(2,3)25-15(24)20-11-17(4)5-7-22(8-6-17)14-12(10-23)21-13(18)9-19-14/h9,23H,5-8,10-11H2,1-4H3,(H,20,24). The van der Waals surface area contributed by atoms with Crippen molar-refractivity contribution in [3.05, 3.63) is 16.5 Å². The molecule has 0 unspecified atom stereocenters. The monoisotopic (exact) mass is 414 g/mol. The molecule has 1 aromatic rings. The van der Waals surface area contributed by atoms with Crippen LogP contribution in [-0.2, 0) is 11.3 Å². The minimum atomic E-state index is -0.491. The number of aliphatic hydroxyl groups excluding tert-OH is 1. The highest BCUT2D eigenvalue weighted by molar-refractivity contribution is 9.10. The average molecular weight is 415 g/mol. The first-order valence-electron chi connectivity index (χ1n) is 8.46. The second-order valence-electron chi connectivity index (χ2n) is 7.77. The summed E-state index contributed by atoms with van der Waals surface area (Å²) < 4.78 is 5.91. The molecule has 2 rings (SSSR count). The van der Waals surface area contributed by atoms with Crippen LogP contribution < -0.4 is 10.2 Å². The van der Waals surface area contributed by atoms with Gasteiger partial charge in [0.15, 0.2) is 5.82 Å². The van der Waals surface area contributed by atoms with Gasteiger partial charge in [-0.15, -0.1) is 0 Å². The minimum Gasteiger partial charge on any atom is -0.444 e. The summed E-state index contributed by atoms with van der Waals surface area (Å²) in [5.74, 6) is 0.729. The zero-order valence-corrected chi connectivity index (χ0v) is 16.9. The van der Waals surface area contributed by atoms with Gasteiger partial charge in [-0.1, -0.05) is 6.92 Å². The third kappa shape index (κ3) is 5.81. The Kier molecular flexibility index (Phi) is 6.26. The molecule has 1 fully saturated rings. The normalized spacial score (nSPS) is 17.3. The number of hydrogen-bond acceptors (Lipinski definition) is 6. The van der Waals surface area contributed by atoms with E-state index in [1.807, 2.05) is 20.8 Å². The number of nitrogens with zero attached hydrogens (tertiary/aromatic N) is 3. The van der Waals surface area contributed by atoms with Gasteiger partial charge in [-0.05, 0) is 55.0 Å². The Morgan fingerprint density at radius 3 is 2.64 bits per heavy atom. The van der Waals surface area contributed by atoms with Crippen molar-refractivity contribution in [2.75, 3.05) is 24.5 Å². The quantitative estimate of drug-likeness (QED) is 0.787. The van der Waals surface area contributed by atoms with E-state index in [0.29, 0.717) is 16.8 Å². The van der Waals surface area contributed by atoms with Crippen molar-refractivity contribution in [2.24, 2.45) is 5.41 Å². The summed E-state index contributed by atoms with van der Waals surface area (Å²) in [4.78, 5) is 22.7. The SMILES string of the molecule is CC1(CNC(=O)OC(C)(C)C)CCN(c2ncc(Br)nc2CO)CC1. The highest BCUT2D eigenvalue weighted by Gasteiger charge is 2.32. The number of nitrogens with one attached hydrogen (secondary N) is 1. The van der Waals surface area contributed by atoms with Crippen LogP contribution in [0.3, 0.4) is 0 Å². The van der Waals surface area contributed by atoms with E-state index in [4.69, 9.17) is 4.74 Å². The molecule has 140 valence electrons. The molecular weight excluding hydrogens is 388 g/mol. The molecule has 7 nitrogen and oxygen atoms in total. The van der Waals surface area contributed by atoms with Crippen molar-refractivity contribution in [3.8, 4) is 0 Å². The number of alkyl carbamates (subject to hydrolysis) is 1. The second-order valence-corrected chi connectivity index (χ2v) is 8.59. The van der Waals surface area contributed by atoms with Gasteiger partial charge in [-0.3, -0.25) is 0 Å². The second kappa shape index (κ2) is 7.86. The fraction of sp³-hybridized carbons (Fsp3) is 0.706. The number of aliphatic hydroxyl groups is 1. The Morgan fingerprint density at radius 2 is 2.08 bits per heavy atom. The first kappa shape index (κ1) is 19.9. The maximum absolute atomic E-state index is 11.9. The van der Waals surface area contributed by atoms with Gasteiger partial charge in [0, 0.05) is 19.6 Å². The third-order valence-electron chi connectivity index (χ3n) is 4.27. The molecule has 25 heavy (non-hydrogen) atoms. The molecule has 0 aliphatic carbocycles. The van der Waals surface area contributed by atoms with Crippen molar-refractivity contribution in [1.82, 2.24) is 15.3 Å². The number of ether oxygens (including phenoxy) is 1. The summed E-state index contributed by atoms with van der Waals surface area (Å²) in [5, 5.41) is 12.4. The molecule has 1 aliphatic heterocycles. The largest absolute Gasteiger partial charge is 0.444 e. The Hall–Kier alpha value is -1.41. The van der Waals surface area contributed by atoms with E-state index in [1.165, 1.54) is 0 Å². The highest BCUT2D eigenvalue weighted by Crippen LogP contribution is 2.33. The lowest BCUT2D eigenvalue weighted by Crippen LogP contribution is -2.46. The van der Waals surface area contributed by atoms with Gasteiger partial charge < -0.3 is 20.1 Å². The number of anilines is 1. The van der Waals surface area contributed by atoms with Gasteiger partial charge in [0.25, 0.3) is 0 Å². The topological polar surface area (TPSA) is 87.6 Å². The van der Waals surface area contributed by atoms with E-state index in [-0.39, 0.29) is 18.1 Å². The van der Waals surface area contributed by atoms with Crippen molar-refractivity contribution >= 4 is 27.8 Å². The van der Waals surface area contributed by atoms with Crippen LogP contribution in [0.25, 0.3) is 0 Å². The molecule has 0 saturated carbocycles. The van der Waals surface area contributed by atoms with Crippen molar-refractivity contribution < 1.29 is 14.6 Å². The maximum Gasteiger partial charge on any atom is 0.407 e. The van der Waals surface area contributed by atoms with Crippen LogP contribution in [0.15, 0.2) is 10.8 Å². The molecule has 2 N–H and O–H groups in total. The van der Waals surface area contributed by atoms with Crippen molar-refractivity contribution in [2.45, 2.75) is 52.7 Å². The van der Waals surface area contributed by atoms with Gasteiger partial charge in [0.1, 0.15) is 15.9 Å². The lowest BCUT2D eigenvalue weighted by Gasteiger charge is -2.40. The van der Waals surface area contributed by atoms with E-state index in [2.05, 4.69) is 43.0 Å². The molecule has 1 saturated heterocycles. The average Bonchev–Trinajstić information content (AvgIpc) is 2.52. The van der Waals surface area contributed by atoms with Gasteiger partial charge in [0.2, 0.25) is 0 Å². The predicted octanol–water partition coefficient (Wildman–Crippen LogP) is 2.86. The fourth-order valence-corrected chi connectivity index (χ4v) is 3.12. The Morgan fingerprint density at radius 1 is 1.44 bits per heavy atom. The molecule has 0 bridgehead atoms. The lowest BCUT2D eigenvalue weighted by atomic mass is 9.80. The van der Waals surface area contributed by atoms with Crippen LogP contribution in [0.2, 0.25) is 0 Å². The number of amides is 1. The summed E-state index contributed by atoms with van der Waals surface area (Å²) in [6.45, 7) is 9.76. The number of carbonyl (C=O) groups is 1. The van der Waals surface area contributed by atoms with E-state index >= 15 is 0 Å². The van der Waals surface area contributed by atoms with Crippen LogP contribution in [0.4, 0.5) is 10.6 Å². The molecule has 0 spiro atoms. The third-order valence-corrected chi connectivity index (χ3v) is 4.65. The smallest absolute Gasteiger partial charge is 0.407 e. The molecule has 0 aromatic carbocycles. The number of rotatable bonds is 4. The number of carbonyl (C=O) groups excluding carboxylic acids is 1. The minimum absolute atomic E-state index is 0.00950. The van der Waals surface area contributed by atoms with Gasteiger partial charge in [-0.25, -0.2) is 14.8 Å². The van der Waals surface area contributed by atoms with E-state index in [9.17, 15) is 9.90 Å². The molecule has 1 aliphatic rings. The molecule has 1 aromatic heterocycles. The Balaban J connectivity index is 1.91. The zero-order chi connectivity index (χ0) is 18.7. The number of halogens is 1. The fourth-order valence-electron chi connectivity index (χ4n) is 2.80. The number of piperidine rings is 1. The molecule has 0 radical (unpaired) electrons. The van der Waals surface area contributed by atoms with Gasteiger partial charge in [0.05, 0.1) is 12.8 Å². The first-order valence-corrected chi connectivity index (χ1v) is 9.25. The lowest BCUT2D eigenvalue weighted by molar-refractivity contribution is 0.0495. The summed E-state index contributed by atoms with van der Waals surface area (Å²) in [6.07, 6.45) is 3.08. The van der Waals surface area contributed by atoms with E-state index in [0.717, 1.165) is 31.7 Å². The predicted molar refractivity (Wildman–Crippen MR) is 99.4 cm³/mol. The van der Waals surface area contributed by atoms with E-state index < -0.39 is 5.60 Å². The van der Waals surface area contributed by atoms with Gasteiger partial charge in [-0.2, -0.15) is 0 Å². The van der Waals surface area contributed by atoms with Crippen LogP contribution >= 0.6 is 15.9 Å². The summed E-state index contributed by atoms with van der Waals surface area (Å²) in [5.41, 5.74) is 0.0927. The van der Waals surface area contributed by atoms with Crippen LogP contribution in [0, 0.1) is 5.41 Å². The number of hydrogen-bond donors (Lipinski definition) is 2. The van der Waals surface area contributed by atoms with Gasteiger partial charge >= 0.3 is 6.09 Å². The molecule has 2 heterocycles. The Bertz CT molecular complexity index is 610. The van der Waals surface area contributed by atoms with Crippen LogP contribution in [-0.4, -0.2) is 46.4 Å². The summed E-state index contributed by atoms with van der Waals surface area (Å²) in [6, 6.07) is 0. The summed E-state index contributed by atoms with van der Waals surface area (Å²) in [7, 11) is 0. The molecule has 8 heteroatoms. The molecule has 0 atom stereocenters. The number of aromatic nitrogens is 2. The van der Waals surface area contributed by atoms with Crippen molar-refractivity contribution in [1.29, 1.82) is 0 Å². The first-order chi connectivity index (χ1) is 11.6. The van der Waals surface area contributed by atoms with Crippen molar-refractivity contribution in [3.63, 3.8) is 0 Å². The highest BCUT2D eigenvalue weighted by atomic mass is 79.9. The maximum atomic E-state index is 11.9.